The van der Waals surface area contributed by atoms with Gasteiger partial charge in [0.25, 0.3) is 0 Å². The van der Waals surface area contributed by atoms with Gasteiger partial charge in [-0.3, -0.25) is 0 Å². The number of carbonyl (C=O) groups is 1. The summed E-state index contributed by atoms with van der Waals surface area (Å²) in [4.78, 5) is 12.4. The van der Waals surface area contributed by atoms with E-state index in [4.69, 9.17) is 9.26 Å². The lowest BCUT2D eigenvalue weighted by Crippen LogP contribution is -2.08. The van der Waals surface area contributed by atoms with Crippen molar-refractivity contribution in [3.05, 3.63) is 96.6 Å². The van der Waals surface area contributed by atoms with E-state index in [1.165, 1.54) is 0 Å². The van der Waals surface area contributed by atoms with Gasteiger partial charge in [-0.15, -0.1) is 0 Å². The molecule has 1 aromatic heterocycles. The number of nitrogens with zero attached hydrogens (tertiary/aromatic N) is 1. The number of aromatic nitrogens is 1. The molecule has 0 radical (unpaired) electrons. The molecule has 0 saturated heterocycles. The molecule has 0 bridgehead atoms. The Morgan fingerprint density at radius 2 is 1.27 bits per heavy atom. The monoisotopic (exact) mass is 341 g/mol. The van der Waals surface area contributed by atoms with Gasteiger partial charge in [0.05, 0.1) is 11.1 Å². The molecular weight excluding hydrogens is 326 g/mol. The largest absolute Gasteiger partial charge is 0.387 e. The van der Waals surface area contributed by atoms with Crippen LogP contribution in [-0.2, 0) is 0 Å². The van der Waals surface area contributed by atoms with Gasteiger partial charge < -0.3 is 9.26 Å². The number of ether oxygens (including phenoxy) is 1. The number of benzene rings is 3. The molecule has 26 heavy (non-hydrogen) atoms. The van der Waals surface area contributed by atoms with Crippen molar-refractivity contribution >= 4 is 5.97 Å². The molecule has 0 saturated carbocycles. The van der Waals surface area contributed by atoms with Crippen molar-refractivity contribution in [2.24, 2.45) is 0 Å². The molecule has 4 aromatic rings. The van der Waals surface area contributed by atoms with Crippen LogP contribution in [0, 0.1) is 0 Å². The average molecular weight is 341 g/mol. The smallest absolute Gasteiger partial charge is 0.345 e. The highest BCUT2D eigenvalue weighted by Gasteiger charge is 2.23. The van der Waals surface area contributed by atoms with Crippen LogP contribution in [0.25, 0.3) is 22.4 Å². The normalized spacial score (nSPS) is 10.5. The first-order chi connectivity index (χ1) is 12.8. The van der Waals surface area contributed by atoms with Gasteiger partial charge in [0, 0.05) is 5.56 Å². The van der Waals surface area contributed by atoms with Crippen LogP contribution in [-0.4, -0.2) is 11.1 Å². The molecule has 0 amide bonds. The van der Waals surface area contributed by atoms with E-state index in [-0.39, 0.29) is 5.95 Å². The molecule has 4 rings (SSSR count). The van der Waals surface area contributed by atoms with E-state index < -0.39 is 5.97 Å². The van der Waals surface area contributed by atoms with Gasteiger partial charge in [0.1, 0.15) is 5.69 Å². The molecule has 0 spiro atoms. The van der Waals surface area contributed by atoms with E-state index in [1.54, 1.807) is 24.3 Å². The van der Waals surface area contributed by atoms with Crippen LogP contribution in [0.1, 0.15) is 10.4 Å². The highest BCUT2D eigenvalue weighted by molar-refractivity contribution is 5.93. The molecule has 4 heteroatoms. The first-order valence-electron chi connectivity index (χ1n) is 8.20. The fraction of sp³-hybridized carbons (Fsp3) is 0. The average Bonchev–Trinajstić information content (AvgIpc) is 3.13. The number of rotatable bonds is 4. The van der Waals surface area contributed by atoms with Crippen LogP contribution in [0.5, 0.6) is 5.95 Å². The summed E-state index contributed by atoms with van der Waals surface area (Å²) >= 11 is 0. The van der Waals surface area contributed by atoms with Gasteiger partial charge in [0.15, 0.2) is 0 Å². The maximum Gasteiger partial charge on any atom is 0.345 e. The number of hydrogen-bond donors (Lipinski definition) is 0. The number of hydrogen-bond acceptors (Lipinski definition) is 4. The van der Waals surface area contributed by atoms with Crippen LogP contribution in [0.3, 0.4) is 0 Å². The van der Waals surface area contributed by atoms with Crippen molar-refractivity contribution in [1.82, 2.24) is 5.16 Å². The maximum absolute atomic E-state index is 12.4. The summed E-state index contributed by atoms with van der Waals surface area (Å²) in [5, 5.41) is 4.16. The zero-order chi connectivity index (χ0) is 17.8. The summed E-state index contributed by atoms with van der Waals surface area (Å²) < 4.78 is 10.9. The van der Waals surface area contributed by atoms with Gasteiger partial charge in [-0.25, -0.2) is 4.79 Å². The third-order valence-electron chi connectivity index (χ3n) is 3.97. The van der Waals surface area contributed by atoms with E-state index in [2.05, 4.69) is 5.16 Å². The van der Waals surface area contributed by atoms with Crippen molar-refractivity contribution in [3.8, 4) is 28.3 Å². The highest BCUT2D eigenvalue weighted by atomic mass is 16.7. The predicted molar refractivity (Wildman–Crippen MR) is 98.8 cm³/mol. The zero-order valence-electron chi connectivity index (χ0n) is 13.8. The topological polar surface area (TPSA) is 52.3 Å². The molecule has 0 aliphatic rings. The number of esters is 1. The highest BCUT2D eigenvalue weighted by Crippen LogP contribution is 2.39. The Kier molecular flexibility index (Phi) is 4.31. The molecule has 4 nitrogen and oxygen atoms in total. The SMILES string of the molecule is O=C(Oc1onc(-c2ccccc2)c1-c1ccccc1)c1ccccc1. The van der Waals surface area contributed by atoms with Crippen molar-refractivity contribution in [2.75, 3.05) is 0 Å². The van der Waals surface area contributed by atoms with Crippen LogP contribution >= 0.6 is 0 Å². The van der Waals surface area contributed by atoms with E-state index in [9.17, 15) is 4.79 Å². The van der Waals surface area contributed by atoms with Crippen molar-refractivity contribution in [2.45, 2.75) is 0 Å². The minimum atomic E-state index is -0.487. The lowest BCUT2D eigenvalue weighted by molar-refractivity contribution is 0.0681. The molecule has 0 N–H and O–H groups in total. The van der Waals surface area contributed by atoms with Crippen molar-refractivity contribution in [1.29, 1.82) is 0 Å². The summed E-state index contributed by atoms with van der Waals surface area (Å²) in [6, 6.07) is 28.1. The van der Waals surface area contributed by atoms with Crippen LogP contribution in [0.2, 0.25) is 0 Å². The molecule has 3 aromatic carbocycles. The molecule has 0 aliphatic heterocycles. The van der Waals surface area contributed by atoms with Crippen LogP contribution in [0.15, 0.2) is 95.5 Å². The van der Waals surface area contributed by atoms with Gasteiger partial charge >= 0.3 is 11.9 Å². The second-order valence-corrected chi connectivity index (χ2v) is 5.68. The quantitative estimate of drug-likeness (QED) is 0.477. The second kappa shape index (κ2) is 7.07. The Morgan fingerprint density at radius 1 is 0.731 bits per heavy atom. The molecule has 0 atom stereocenters. The second-order valence-electron chi connectivity index (χ2n) is 5.68. The minimum absolute atomic E-state index is 0.0870. The first kappa shape index (κ1) is 15.8. The summed E-state index contributed by atoms with van der Waals surface area (Å²) in [6.07, 6.45) is 0. The minimum Gasteiger partial charge on any atom is -0.387 e. The summed E-state index contributed by atoms with van der Waals surface area (Å²) in [7, 11) is 0. The summed E-state index contributed by atoms with van der Waals surface area (Å²) in [6.45, 7) is 0. The molecule has 1 heterocycles. The van der Waals surface area contributed by atoms with Gasteiger partial charge in [-0.2, -0.15) is 0 Å². The van der Waals surface area contributed by atoms with E-state index in [0.717, 1.165) is 11.1 Å². The van der Waals surface area contributed by atoms with Crippen molar-refractivity contribution < 1.29 is 14.1 Å². The molecule has 0 unspecified atom stereocenters. The Bertz CT molecular complexity index is 1010. The van der Waals surface area contributed by atoms with Crippen LogP contribution in [0.4, 0.5) is 0 Å². The van der Waals surface area contributed by atoms with E-state index in [0.29, 0.717) is 16.8 Å². The summed E-state index contributed by atoms with van der Waals surface area (Å²) in [5.74, 6) is -0.401. The zero-order valence-corrected chi connectivity index (χ0v) is 13.8. The molecule has 0 aliphatic carbocycles. The fourth-order valence-corrected chi connectivity index (χ4v) is 2.71. The molecule has 0 fully saturated rings. The Morgan fingerprint density at radius 3 is 1.88 bits per heavy atom. The van der Waals surface area contributed by atoms with Gasteiger partial charge in [-0.1, -0.05) is 84.0 Å². The first-order valence-corrected chi connectivity index (χ1v) is 8.20. The van der Waals surface area contributed by atoms with Gasteiger partial charge in [0.2, 0.25) is 0 Å². The van der Waals surface area contributed by atoms with Gasteiger partial charge in [-0.05, 0) is 17.7 Å². The fourth-order valence-electron chi connectivity index (χ4n) is 2.71. The standard InChI is InChI=1S/C22H15NO3/c24-21(18-14-8-3-9-15-18)25-22-19(16-10-4-1-5-11-16)20(23-26-22)17-12-6-2-7-13-17/h1-15H. The third kappa shape index (κ3) is 3.13. The lowest BCUT2D eigenvalue weighted by Gasteiger charge is -2.05. The molecule has 126 valence electrons. The van der Waals surface area contributed by atoms with Crippen molar-refractivity contribution in [3.63, 3.8) is 0 Å². The predicted octanol–water partition coefficient (Wildman–Crippen LogP) is 5.23. The van der Waals surface area contributed by atoms with E-state index >= 15 is 0 Å². The Labute approximate surface area is 150 Å². The Balaban J connectivity index is 1.78. The van der Waals surface area contributed by atoms with E-state index in [1.807, 2.05) is 66.7 Å². The lowest BCUT2D eigenvalue weighted by atomic mass is 10.0. The molecular formula is C22H15NO3. The third-order valence-corrected chi connectivity index (χ3v) is 3.97. The maximum atomic E-state index is 12.4. The Hall–Kier alpha value is -3.66. The summed E-state index contributed by atoms with van der Waals surface area (Å²) in [5.41, 5.74) is 3.48. The number of carbonyl (C=O) groups excluding carboxylic acids is 1. The van der Waals surface area contributed by atoms with Crippen LogP contribution < -0.4 is 4.74 Å².